The van der Waals surface area contributed by atoms with Gasteiger partial charge in [-0.1, -0.05) is 24.3 Å². The summed E-state index contributed by atoms with van der Waals surface area (Å²) in [7, 11) is 7.36. The summed E-state index contributed by atoms with van der Waals surface area (Å²) >= 11 is 0. The summed E-state index contributed by atoms with van der Waals surface area (Å²) in [6, 6.07) is 18.2. The molecule has 4 nitrogen and oxygen atoms in total. The van der Waals surface area contributed by atoms with Gasteiger partial charge >= 0.3 is 0 Å². The van der Waals surface area contributed by atoms with E-state index in [1.807, 2.05) is 44.6 Å². The molecule has 0 aliphatic rings. The van der Waals surface area contributed by atoms with Crippen LogP contribution in [0.15, 0.2) is 59.6 Å². The van der Waals surface area contributed by atoms with Gasteiger partial charge in [0.15, 0.2) is 11.5 Å². The van der Waals surface area contributed by atoms with Crippen LogP contribution in [0.5, 0.6) is 11.5 Å². The van der Waals surface area contributed by atoms with E-state index in [2.05, 4.69) is 35.2 Å². The van der Waals surface area contributed by atoms with Gasteiger partial charge in [0.05, 0.1) is 19.9 Å². The molecular formula is C21H22N2O2. The number of rotatable bonds is 5. The minimum absolute atomic E-state index is 0.694. The van der Waals surface area contributed by atoms with Crippen LogP contribution in [0.25, 0.3) is 10.8 Å². The second-order valence-electron chi connectivity index (χ2n) is 5.92. The third-order valence-corrected chi connectivity index (χ3v) is 4.12. The Labute approximate surface area is 148 Å². The lowest BCUT2D eigenvalue weighted by molar-refractivity contribution is 0.355. The van der Waals surface area contributed by atoms with Crippen LogP contribution in [-0.2, 0) is 0 Å². The monoisotopic (exact) mass is 334 g/mol. The fourth-order valence-electron chi connectivity index (χ4n) is 2.85. The molecule has 0 N–H and O–H groups in total. The van der Waals surface area contributed by atoms with Gasteiger partial charge in [-0.3, -0.25) is 4.99 Å². The van der Waals surface area contributed by atoms with Crippen molar-refractivity contribution in [2.75, 3.05) is 33.2 Å². The number of benzene rings is 3. The number of fused-ring (bicyclic) bond motifs is 1. The van der Waals surface area contributed by atoms with E-state index in [1.54, 1.807) is 14.2 Å². The quantitative estimate of drug-likeness (QED) is 0.636. The summed E-state index contributed by atoms with van der Waals surface area (Å²) in [6.45, 7) is 0. The smallest absolute Gasteiger partial charge is 0.161 e. The number of anilines is 1. The zero-order valence-corrected chi connectivity index (χ0v) is 15.0. The van der Waals surface area contributed by atoms with Crippen molar-refractivity contribution in [1.29, 1.82) is 0 Å². The molecule has 4 heteroatoms. The molecule has 25 heavy (non-hydrogen) atoms. The SMILES string of the molecule is COc1ccc(C=Nc2ccc(N(C)C)c3ccccc23)cc1OC. The Hall–Kier alpha value is -3.01. The van der Waals surface area contributed by atoms with E-state index in [0.717, 1.165) is 16.6 Å². The normalized spacial score (nSPS) is 11.0. The molecule has 0 aliphatic heterocycles. The summed E-state index contributed by atoms with van der Waals surface area (Å²) in [5.41, 5.74) is 3.08. The Morgan fingerprint density at radius 2 is 1.56 bits per heavy atom. The minimum atomic E-state index is 0.694. The largest absolute Gasteiger partial charge is 0.493 e. The number of aliphatic imine (C=N–C) groups is 1. The lowest BCUT2D eigenvalue weighted by atomic mass is 10.1. The average Bonchev–Trinajstić information content (AvgIpc) is 2.65. The van der Waals surface area contributed by atoms with Gasteiger partial charge in [0.2, 0.25) is 0 Å². The highest BCUT2D eigenvalue weighted by atomic mass is 16.5. The number of hydrogen-bond donors (Lipinski definition) is 0. The molecule has 0 bridgehead atoms. The molecule has 0 aromatic heterocycles. The highest BCUT2D eigenvalue weighted by Gasteiger charge is 2.07. The molecule has 128 valence electrons. The van der Waals surface area contributed by atoms with Crippen molar-refractivity contribution >= 4 is 28.4 Å². The minimum Gasteiger partial charge on any atom is -0.493 e. The predicted molar refractivity (Wildman–Crippen MR) is 105 cm³/mol. The second kappa shape index (κ2) is 7.26. The zero-order valence-electron chi connectivity index (χ0n) is 15.0. The second-order valence-corrected chi connectivity index (χ2v) is 5.92. The molecule has 0 fully saturated rings. The number of methoxy groups -OCH3 is 2. The molecule has 0 unspecified atom stereocenters. The van der Waals surface area contributed by atoms with Crippen LogP contribution in [0.4, 0.5) is 11.4 Å². The maximum atomic E-state index is 5.35. The van der Waals surface area contributed by atoms with Gasteiger partial charge in [-0.15, -0.1) is 0 Å². The van der Waals surface area contributed by atoms with Crippen LogP contribution in [0.1, 0.15) is 5.56 Å². The van der Waals surface area contributed by atoms with Crippen molar-refractivity contribution < 1.29 is 9.47 Å². The lowest BCUT2D eigenvalue weighted by Crippen LogP contribution is -2.08. The summed E-state index contributed by atoms with van der Waals surface area (Å²) in [4.78, 5) is 6.81. The number of nitrogens with zero attached hydrogens (tertiary/aromatic N) is 2. The molecule has 0 radical (unpaired) electrons. The third-order valence-electron chi connectivity index (χ3n) is 4.12. The molecule has 0 amide bonds. The fourth-order valence-corrected chi connectivity index (χ4v) is 2.85. The van der Waals surface area contributed by atoms with Crippen LogP contribution in [-0.4, -0.2) is 34.5 Å². The first kappa shape index (κ1) is 16.8. The summed E-state index contributed by atoms with van der Waals surface area (Å²) in [6.07, 6.45) is 1.85. The van der Waals surface area contributed by atoms with Crippen LogP contribution < -0.4 is 14.4 Å². The van der Waals surface area contributed by atoms with E-state index in [0.29, 0.717) is 11.5 Å². The van der Waals surface area contributed by atoms with Crippen molar-refractivity contribution in [1.82, 2.24) is 0 Å². The Morgan fingerprint density at radius 3 is 2.24 bits per heavy atom. The topological polar surface area (TPSA) is 34.1 Å². The highest BCUT2D eigenvalue weighted by molar-refractivity contribution is 6.02. The lowest BCUT2D eigenvalue weighted by Gasteiger charge is -2.16. The standard InChI is InChI=1S/C21H22N2O2/c1-23(2)19-11-10-18(16-7-5-6-8-17(16)19)22-14-15-9-12-20(24-3)21(13-15)25-4/h5-14H,1-4H3. The highest BCUT2D eigenvalue weighted by Crippen LogP contribution is 2.33. The molecule has 0 spiro atoms. The van der Waals surface area contributed by atoms with Crippen molar-refractivity contribution in [2.45, 2.75) is 0 Å². The van der Waals surface area contributed by atoms with E-state index in [9.17, 15) is 0 Å². The first-order valence-corrected chi connectivity index (χ1v) is 8.09. The summed E-state index contributed by atoms with van der Waals surface area (Å²) in [5.74, 6) is 1.40. The van der Waals surface area contributed by atoms with E-state index in [1.165, 1.54) is 11.1 Å². The molecule has 3 rings (SSSR count). The van der Waals surface area contributed by atoms with Crippen molar-refractivity contribution in [3.8, 4) is 11.5 Å². The summed E-state index contributed by atoms with van der Waals surface area (Å²) < 4.78 is 10.6. The molecule has 0 saturated carbocycles. The van der Waals surface area contributed by atoms with Gasteiger partial charge in [-0.25, -0.2) is 0 Å². The maximum Gasteiger partial charge on any atom is 0.161 e. The zero-order chi connectivity index (χ0) is 17.8. The maximum absolute atomic E-state index is 5.35. The first-order chi connectivity index (χ1) is 12.1. The molecule has 0 saturated heterocycles. The number of ether oxygens (including phenoxy) is 2. The van der Waals surface area contributed by atoms with E-state index >= 15 is 0 Å². The van der Waals surface area contributed by atoms with Crippen LogP contribution in [0.2, 0.25) is 0 Å². The van der Waals surface area contributed by atoms with Gasteiger partial charge in [-0.2, -0.15) is 0 Å². The molecule has 0 aliphatic carbocycles. The molecule has 0 heterocycles. The molecular weight excluding hydrogens is 312 g/mol. The van der Waals surface area contributed by atoms with Crippen LogP contribution >= 0.6 is 0 Å². The fraction of sp³-hybridized carbons (Fsp3) is 0.190. The van der Waals surface area contributed by atoms with Gasteiger partial charge in [-0.05, 0) is 35.9 Å². The predicted octanol–water partition coefficient (Wildman–Crippen LogP) is 4.67. The van der Waals surface area contributed by atoms with Crippen molar-refractivity contribution in [3.05, 3.63) is 60.2 Å². The van der Waals surface area contributed by atoms with Crippen LogP contribution in [0.3, 0.4) is 0 Å². The molecule has 3 aromatic carbocycles. The van der Waals surface area contributed by atoms with E-state index in [4.69, 9.17) is 14.5 Å². The Balaban J connectivity index is 2.01. The third kappa shape index (κ3) is 3.43. The van der Waals surface area contributed by atoms with Gasteiger partial charge in [0, 0.05) is 36.8 Å². The van der Waals surface area contributed by atoms with Gasteiger partial charge in [0.1, 0.15) is 0 Å². The van der Waals surface area contributed by atoms with E-state index < -0.39 is 0 Å². The van der Waals surface area contributed by atoms with Crippen LogP contribution in [0, 0.1) is 0 Å². The average molecular weight is 334 g/mol. The van der Waals surface area contributed by atoms with Gasteiger partial charge < -0.3 is 14.4 Å². The Kier molecular flexibility index (Phi) is 4.89. The Morgan fingerprint density at radius 1 is 0.840 bits per heavy atom. The molecule has 0 atom stereocenters. The number of hydrogen-bond acceptors (Lipinski definition) is 4. The van der Waals surface area contributed by atoms with Crippen molar-refractivity contribution in [3.63, 3.8) is 0 Å². The Bertz CT molecular complexity index is 917. The van der Waals surface area contributed by atoms with Crippen molar-refractivity contribution in [2.24, 2.45) is 4.99 Å². The van der Waals surface area contributed by atoms with E-state index in [-0.39, 0.29) is 0 Å². The van der Waals surface area contributed by atoms with Gasteiger partial charge in [0.25, 0.3) is 0 Å². The first-order valence-electron chi connectivity index (χ1n) is 8.09. The summed E-state index contributed by atoms with van der Waals surface area (Å²) in [5, 5.41) is 2.32. The molecule has 3 aromatic rings.